The van der Waals surface area contributed by atoms with Crippen molar-refractivity contribution in [3.63, 3.8) is 0 Å². The molecule has 0 saturated carbocycles. The van der Waals surface area contributed by atoms with Crippen LogP contribution in [-0.2, 0) is 6.42 Å². The molecule has 24 heavy (non-hydrogen) atoms. The second-order valence-corrected chi connectivity index (χ2v) is 6.75. The summed E-state index contributed by atoms with van der Waals surface area (Å²) in [5.74, 6) is 0.472. The Morgan fingerprint density at radius 3 is 2.67 bits per heavy atom. The molecule has 118 valence electrons. The number of nitrogens with zero attached hydrogens (tertiary/aromatic N) is 4. The van der Waals surface area contributed by atoms with Crippen molar-refractivity contribution < 1.29 is 0 Å². The highest BCUT2D eigenvalue weighted by Crippen LogP contribution is 2.26. The molecule has 0 radical (unpaired) electrons. The van der Waals surface area contributed by atoms with Crippen molar-refractivity contribution in [1.29, 1.82) is 0 Å². The van der Waals surface area contributed by atoms with E-state index in [1.54, 1.807) is 5.51 Å². The summed E-state index contributed by atoms with van der Waals surface area (Å²) in [5.41, 5.74) is 4.87. The van der Waals surface area contributed by atoms with Crippen molar-refractivity contribution in [3.05, 3.63) is 69.4 Å². The van der Waals surface area contributed by atoms with E-state index in [0.717, 1.165) is 21.0 Å². The lowest BCUT2D eigenvalue weighted by Crippen LogP contribution is -1.98. The molecule has 7 heteroatoms. The Hall–Kier alpha value is -2.08. The lowest BCUT2D eigenvalue weighted by atomic mass is 10.1. The third-order valence-corrected chi connectivity index (χ3v) is 5.09. The molecule has 3 heterocycles. The van der Waals surface area contributed by atoms with E-state index in [1.165, 1.54) is 11.3 Å². The molecule has 0 unspecified atom stereocenters. The summed E-state index contributed by atoms with van der Waals surface area (Å²) < 4.78 is 0.785. The van der Waals surface area contributed by atoms with E-state index in [-0.39, 0.29) is 0 Å². The Bertz CT molecular complexity index is 1030. The molecule has 3 aromatic heterocycles. The van der Waals surface area contributed by atoms with Gasteiger partial charge in [-0.15, -0.1) is 11.3 Å². The zero-order chi connectivity index (χ0) is 16.5. The predicted octanol–water partition coefficient (Wildman–Crippen LogP) is 5.05. The van der Waals surface area contributed by atoms with Crippen LogP contribution < -0.4 is 0 Å². The molecular weight excluding hydrogens is 363 g/mol. The number of pyridine rings is 1. The third kappa shape index (κ3) is 2.98. The van der Waals surface area contributed by atoms with Crippen molar-refractivity contribution in [2.45, 2.75) is 6.42 Å². The molecule has 0 saturated heterocycles. The fourth-order valence-corrected chi connectivity index (χ4v) is 3.49. The van der Waals surface area contributed by atoms with E-state index in [2.05, 4.69) is 19.9 Å². The van der Waals surface area contributed by atoms with Crippen LogP contribution in [0.25, 0.3) is 21.9 Å². The molecule has 0 aliphatic heterocycles. The molecule has 0 spiro atoms. The number of benzene rings is 1. The maximum atomic E-state index is 6.23. The Morgan fingerprint density at radius 2 is 1.79 bits per heavy atom. The zero-order valence-corrected chi connectivity index (χ0v) is 14.6. The summed E-state index contributed by atoms with van der Waals surface area (Å²) in [4.78, 5) is 17.6. The van der Waals surface area contributed by atoms with Crippen LogP contribution in [0.4, 0.5) is 0 Å². The minimum absolute atomic E-state index is 0.399. The second-order valence-electron chi connectivity index (χ2n) is 5.13. The van der Waals surface area contributed by atoms with Gasteiger partial charge in [-0.05, 0) is 23.8 Å². The second kappa shape index (κ2) is 6.43. The lowest BCUT2D eigenvalue weighted by Gasteiger charge is -2.06. The van der Waals surface area contributed by atoms with Crippen molar-refractivity contribution in [3.8, 4) is 11.5 Å². The Balaban J connectivity index is 1.72. The van der Waals surface area contributed by atoms with E-state index in [0.29, 0.717) is 28.7 Å². The summed E-state index contributed by atoms with van der Waals surface area (Å²) in [7, 11) is 0. The predicted molar refractivity (Wildman–Crippen MR) is 97.7 cm³/mol. The number of halogens is 2. The van der Waals surface area contributed by atoms with Crippen LogP contribution in [-0.4, -0.2) is 19.9 Å². The molecule has 0 atom stereocenters. The first-order valence-corrected chi connectivity index (χ1v) is 8.81. The molecule has 4 rings (SSSR count). The summed E-state index contributed by atoms with van der Waals surface area (Å²) in [6.07, 6.45) is 0.639. The SMILES string of the molecule is Clc1ccccc1Cc1cccc(-c2nc(Cl)c3scnc3n2)n1. The highest BCUT2D eigenvalue weighted by molar-refractivity contribution is 7.17. The maximum Gasteiger partial charge on any atom is 0.181 e. The first-order chi connectivity index (χ1) is 11.7. The Morgan fingerprint density at radius 1 is 0.917 bits per heavy atom. The van der Waals surface area contributed by atoms with Crippen LogP contribution in [0.3, 0.4) is 0 Å². The van der Waals surface area contributed by atoms with Crippen LogP contribution in [0.2, 0.25) is 10.2 Å². The van der Waals surface area contributed by atoms with Crippen molar-refractivity contribution in [1.82, 2.24) is 19.9 Å². The number of hydrogen-bond donors (Lipinski definition) is 0. The fraction of sp³-hybridized carbons (Fsp3) is 0.0588. The van der Waals surface area contributed by atoms with E-state index < -0.39 is 0 Å². The van der Waals surface area contributed by atoms with E-state index in [1.807, 2.05) is 42.5 Å². The van der Waals surface area contributed by atoms with Gasteiger partial charge in [0.2, 0.25) is 0 Å². The molecule has 0 aliphatic rings. The number of rotatable bonds is 3. The zero-order valence-electron chi connectivity index (χ0n) is 12.3. The number of thiazole rings is 1. The fourth-order valence-electron chi connectivity index (χ4n) is 2.38. The van der Waals surface area contributed by atoms with Gasteiger partial charge in [0.1, 0.15) is 10.4 Å². The standard InChI is InChI=1S/C17H10Cl2N4S/c18-12-6-2-1-4-10(12)8-11-5-3-7-13(21-11)16-22-15(19)14-17(23-16)20-9-24-14/h1-7,9H,8H2. The van der Waals surface area contributed by atoms with Gasteiger partial charge in [-0.2, -0.15) is 0 Å². The van der Waals surface area contributed by atoms with E-state index >= 15 is 0 Å². The minimum Gasteiger partial charge on any atom is -0.249 e. The minimum atomic E-state index is 0.399. The largest absolute Gasteiger partial charge is 0.249 e. The van der Waals surface area contributed by atoms with Crippen LogP contribution in [0.5, 0.6) is 0 Å². The van der Waals surface area contributed by atoms with Crippen LogP contribution in [0.15, 0.2) is 48.0 Å². The molecule has 0 fully saturated rings. The van der Waals surface area contributed by atoms with Crippen molar-refractivity contribution >= 4 is 44.9 Å². The van der Waals surface area contributed by atoms with Gasteiger partial charge in [-0.3, -0.25) is 0 Å². The molecule has 0 amide bonds. The van der Waals surface area contributed by atoms with Crippen LogP contribution in [0.1, 0.15) is 11.3 Å². The number of fused-ring (bicyclic) bond motifs is 1. The van der Waals surface area contributed by atoms with Gasteiger partial charge in [-0.1, -0.05) is 47.5 Å². The summed E-state index contributed by atoms with van der Waals surface area (Å²) in [6.45, 7) is 0. The Kier molecular flexibility index (Phi) is 4.14. The van der Waals surface area contributed by atoms with E-state index in [4.69, 9.17) is 23.2 Å². The van der Waals surface area contributed by atoms with Crippen LogP contribution in [0, 0.1) is 0 Å². The highest BCUT2D eigenvalue weighted by Gasteiger charge is 2.12. The lowest BCUT2D eigenvalue weighted by molar-refractivity contribution is 1.06. The summed E-state index contributed by atoms with van der Waals surface area (Å²) in [6, 6.07) is 13.5. The molecule has 0 N–H and O–H groups in total. The van der Waals surface area contributed by atoms with Gasteiger partial charge in [-0.25, -0.2) is 19.9 Å². The molecular formula is C17H10Cl2N4S. The average molecular weight is 373 g/mol. The van der Waals surface area contributed by atoms with Gasteiger partial charge in [0.05, 0.1) is 5.51 Å². The first kappa shape index (κ1) is 15.4. The normalized spacial score (nSPS) is 11.1. The quantitative estimate of drug-likeness (QED) is 0.472. The summed E-state index contributed by atoms with van der Waals surface area (Å²) >= 11 is 13.9. The van der Waals surface area contributed by atoms with Gasteiger partial charge in [0, 0.05) is 17.1 Å². The van der Waals surface area contributed by atoms with Gasteiger partial charge < -0.3 is 0 Å². The average Bonchev–Trinajstić information content (AvgIpc) is 3.06. The smallest absolute Gasteiger partial charge is 0.181 e. The van der Waals surface area contributed by atoms with E-state index in [9.17, 15) is 0 Å². The van der Waals surface area contributed by atoms with Gasteiger partial charge >= 0.3 is 0 Å². The molecule has 0 bridgehead atoms. The molecule has 4 nitrogen and oxygen atoms in total. The third-order valence-electron chi connectivity index (χ3n) is 3.52. The topological polar surface area (TPSA) is 51.6 Å². The summed E-state index contributed by atoms with van der Waals surface area (Å²) in [5, 5.41) is 1.13. The van der Waals surface area contributed by atoms with Crippen molar-refractivity contribution in [2.75, 3.05) is 0 Å². The molecule has 0 aliphatic carbocycles. The molecule has 4 aromatic rings. The van der Waals surface area contributed by atoms with Crippen molar-refractivity contribution in [2.24, 2.45) is 0 Å². The first-order valence-electron chi connectivity index (χ1n) is 7.17. The number of aromatic nitrogens is 4. The van der Waals surface area contributed by atoms with Crippen LogP contribution >= 0.6 is 34.5 Å². The van der Waals surface area contributed by atoms with Gasteiger partial charge in [0.15, 0.2) is 16.6 Å². The number of hydrogen-bond acceptors (Lipinski definition) is 5. The highest BCUT2D eigenvalue weighted by atomic mass is 35.5. The maximum absolute atomic E-state index is 6.23. The molecule has 1 aromatic carbocycles. The Labute approximate surface area is 152 Å². The van der Waals surface area contributed by atoms with Gasteiger partial charge in [0.25, 0.3) is 0 Å². The monoisotopic (exact) mass is 372 g/mol.